The highest BCUT2D eigenvalue weighted by Gasteiger charge is 2.07. The van der Waals surface area contributed by atoms with E-state index in [1.165, 1.54) is 12.1 Å². The molecular weight excluding hydrogens is 222 g/mol. The molecule has 1 aromatic rings. The normalized spacial score (nSPS) is 9.47. The number of hydrogen-bond donors (Lipinski definition) is 3. The van der Waals surface area contributed by atoms with Crippen LogP contribution in [0.15, 0.2) is 18.2 Å². The zero-order valence-electron chi connectivity index (χ0n) is 9.14. The number of ether oxygens (including phenoxy) is 1. The summed E-state index contributed by atoms with van der Waals surface area (Å²) in [6.07, 6.45) is 0. The number of aromatic hydroxyl groups is 1. The van der Waals surface area contributed by atoms with Crippen molar-refractivity contribution in [2.24, 2.45) is 5.73 Å². The molecule has 1 amide bonds. The summed E-state index contributed by atoms with van der Waals surface area (Å²) in [4.78, 5) is 11.0. The van der Waals surface area contributed by atoms with Crippen LogP contribution in [-0.2, 0) is 11.3 Å². The van der Waals surface area contributed by atoms with Crippen molar-refractivity contribution in [2.45, 2.75) is 6.61 Å². The van der Waals surface area contributed by atoms with E-state index in [1.807, 2.05) is 0 Å². The third-order valence-electron chi connectivity index (χ3n) is 1.97. The molecule has 0 spiro atoms. The summed E-state index contributed by atoms with van der Waals surface area (Å²) in [6, 6.07) is 4.48. The monoisotopic (exact) mass is 235 g/mol. The summed E-state index contributed by atoms with van der Waals surface area (Å²) in [5.74, 6) is 4.19. The summed E-state index contributed by atoms with van der Waals surface area (Å²) in [5.41, 5.74) is 5.86. The topological polar surface area (TPSA) is 92.8 Å². The zero-order chi connectivity index (χ0) is 12.7. The molecule has 0 radical (unpaired) electrons. The highest BCUT2D eigenvalue weighted by Crippen LogP contribution is 2.18. The average Bonchev–Trinajstić information content (AvgIpc) is 2.30. The molecule has 1 aromatic carbocycles. The fraction of sp³-hybridized carbons (Fsp3) is 0.250. The molecule has 5 nitrogen and oxygen atoms in total. The van der Waals surface area contributed by atoms with Gasteiger partial charge >= 0.3 is 0 Å². The number of aliphatic hydroxyl groups is 1. The predicted octanol–water partition coefficient (Wildman–Crippen LogP) is 0.00340. The van der Waals surface area contributed by atoms with E-state index in [9.17, 15) is 9.90 Å². The third-order valence-corrected chi connectivity index (χ3v) is 1.97. The average molecular weight is 235 g/mol. The van der Waals surface area contributed by atoms with Gasteiger partial charge in [0, 0.05) is 0 Å². The summed E-state index contributed by atoms with van der Waals surface area (Å²) in [7, 11) is 0. The van der Waals surface area contributed by atoms with Crippen LogP contribution in [0.5, 0.6) is 5.75 Å². The van der Waals surface area contributed by atoms with Gasteiger partial charge < -0.3 is 20.7 Å². The van der Waals surface area contributed by atoms with Crippen LogP contribution >= 0.6 is 0 Å². The lowest BCUT2D eigenvalue weighted by Gasteiger charge is -2.04. The standard InChI is InChI=1S/C12H13NO4/c13-12(16)10-7-9(3-4-11(10)15)8-17-6-2-1-5-14/h3-4,7,14-15H,5-6,8H2,(H2,13,16). The van der Waals surface area contributed by atoms with E-state index in [4.69, 9.17) is 15.6 Å². The number of amides is 1. The highest BCUT2D eigenvalue weighted by atomic mass is 16.5. The summed E-state index contributed by atoms with van der Waals surface area (Å²) in [6.45, 7) is 0.238. The molecule has 17 heavy (non-hydrogen) atoms. The molecule has 0 saturated carbocycles. The van der Waals surface area contributed by atoms with Gasteiger partial charge in [0.1, 0.15) is 19.0 Å². The van der Waals surface area contributed by atoms with E-state index >= 15 is 0 Å². The minimum atomic E-state index is -0.690. The minimum Gasteiger partial charge on any atom is -0.507 e. The maximum atomic E-state index is 11.0. The second kappa shape index (κ2) is 6.53. The number of benzene rings is 1. The molecule has 5 heteroatoms. The minimum absolute atomic E-state index is 0.0625. The van der Waals surface area contributed by atoms with Crippen LogP contribution in [0.1, 0.15) is 15.9 Å². The maximum Gasteiger partial charge on any atom is 0.252 e. The van der Waals surface area contributed by atoms with Crippen LogP contribution in [0.4, 0.5) is 0 Å². The summed E-state index contributed by atoms with van der Waals surface area (Å²) >= 11 is 0. The fourth-order valence-electron chi connectivity index (χ4n) is 1.20. The Labute approximate surface area is 98.8 Å². The SMILES string of the molecule is NC(=O)c1cc(COCC#CCO)ccc1O. The van der Waals surface area contributed by atoms with Gasteiger partial charge in [0.15, 0.2) is 0 Å². The van der Waals surface area contributed by atoms with E-state index in [0.29, 0.717) is 5.56 Å². The van der Waals surface area contributed by atoms with Gasteiger partial charge in [0.25, 0.3) is 5.91 Å². The lowest BCUT2D eigenvalue weighted by molar-refractivity contribution is 0.0997. The number of nitrogens with two attached hydrogens (primary N) is 1. The predicted molar refractivity (Wildman–Crippen MR) is 61.1 cm³/mol. The van der Waals surface area contributed by atoms with Crippen LogP contribution < -0.4 is 5.73 Å². The Morgan fingerprint density at radius 2 is 2.18 bits per heavy atom. The molecular formula is C12H13NO4. The van der Waals surface area contributed by atoms with Gasteiger partial charge in [-0.3, -0.25) is 4.79 Å². The Morgan fingerprint density at radius 1 is 1.41 bits per heavy atom. The second-order valence-corrected chi connectivity index (χ2v) is 3.22. The van der Waals surface area contributed by atoms with E-state index < -0.39 is 5.91 Å². The van der Waals surface area contributed by atoms with Crippen LogP contribution in [0.3, 0.4) is 0 Å². The van der Waals surface area contributed by atoms with Crippen molar-refractivity contribution >= 4 is 5.91 Å². The van der Waals surface area contributed by atoms with Gasteiger partial charge in [-0.1, -0.05) is 17.9 Å². The van der Waals surface area contributed by atoms with Crippen LogP contribution in [-0.4, -0.2) is 29.3 Å². The summed E-state index contributed by atoms with van der Waals surface area (Å²) < 4.78 is 5.18. The molecule has 0 atom stereocenters. The largest absolute Gasteiger partial charge is 0.507 e. The first-order valence-corrected chi connectivity index (χ1v) is 4.91. The van der Waals surface area contributed by atoms with Crippen molar-refractivity contribution in [1.29, 1.82) is 0 Å². The first kappa shape index (κ1) is 13.0. The van der Waals surface area contributed by atoms with Crippen molar-refractivity contribution < 1.29 is 19.7 Å². The van der Waals surface area contributed by atoms with E-state index in [0.717, 1.165) is 0 Å². The number of aliphatic hydroxyl groups excluding tert-OH is 1. The molecule has 0 aliphatic carbocycles. The van der Waals surface area contributed by atoms with Crippen molar-refractivity contribution in [3.63, 3.8) is 0 Å². The Hall–Kier alpha value is -2.03. The molecule has 0 unspecified atom stereocenters. The Bertz CT molecular complexity index is 459. The van der Waals surface area contributed by atoms with Crippen molar-refractivity contribution in [2.75, 3.05) is 13.2 Å². The molecule has 0 aliphatic rings. The number of rotatable bonds is 4. The van der Waals surface area contributed by atoms with Crippen LogP contribution in [0.25, 0.3) is 0 Å². The highest BCUT2D eigenvalue weighted by molar-refractivity contribution is 5.95. The molecule has 0 fully saturated rings. The Morgan fingerprint density at radius 3 is 2.82 bits per heavy atom. The third kappa shape index (κ3) is 4.15. The fourth-order valence-corrected chi connectivity index (χ4v) is 1.20. The molecule has 90 valence electrons. The van der Waals surface area contributed by atoms with Crippen molar-refractivity contribution in [1.82, 2.24) is 0 Å². The molecule has 0 aliphatic heterocycles. The number of hydrogen-bond acceptors (Lipinski definition) is 4. The first-order valence-electron chi connectivity index (χ1n) is 4.91. The zero-order valence-corrected chi connectivity index (χ0v) is 9.14. The summed E-state index contributed by atoms with van der Waals surface area (Å²) in [5, 5.41) is 17.8. The second-order valence-electron chi connectivity index (χ2n) is 3.22. The smallest absolute Gasteiger partial charge is 0.252 e. The number of carbonyl (C=O) groups excluding carboxylic acids is 1. The Kier molecular flexibility index (Phi) is 5.01. The van der Waals surface area contributed by atoms with Gasteiger partial charge in [-0.05, 0) is 17.7 Å². The Balaban J connectivity index is 2.60. The van der Waals surface area contributed by atoms with E-state index in [-0.39, 0.29) is 31.1 Å². The van der Waals surface area contributed by atoms with Gasteiger partial charge in [0.05, 0.1) is 12.2 Å². The molecule has 0 heterocycles. The maximum absolute atomic E-state index is 11.0. The first-order chi connectivity index (χ1) is 8.15. The van der Waals surface area contributed by atoms with E-state index in [1.54, 1.807) is 6.07 Å². The van der Waals surface area contributed by atoms with Gasteiger partial charge in [0.2, 0.25) is 0 Å². The molecule has 1 rings (SSSR count). The van der Waals surface area contributed by atoms with Crippen molar-refractivity contribution in [3.05, 3.63) is 29.3 Å². The molecule has 0 saturated heterocycles. The molecule has 4 N–H and O–H groups in total. The van der Waals surface area contributed by atoms with Gasteiger partial charge in [-0.25, -0.2) is 0 Å². The quantitative estimate of drug-likeness (QED) is 0.506. The number of phenols is 1. The lowest BCUT2D eigenvalue weighted by Crippen LogP contribution is -2.11. The molecule has 0 aromatic heterocycles. The van der Waals surface area contributed by atoms with Gasteiger partial charge in [-0.2, -0.15) is 0 Å². The van der Waals surface area contributed by atoms with Crippen LogP contribution in [0, 0.1) is 11.8 Å². The van der Waals surface area contributed by atoms with Gasteiger partial charge in [-0.15, -0.1) is 0 Å². The number of primary amides is 1. The number of carbonyl (C=O) groups is 1. The molecule has 0 bridgehead atoms. The van der Waals surface area contributed by atoms with Crippen molar-refractivity contribution in [3.8, 4) is 17.6 Å². The van der Waals surface area contributed by atoms with E-state index in [2.05, 4.69) is 11.8 Å². The van der Waals surface area contributed by atoms with Crippen LogP contribution in [0.2, 0.25) is 0 Å². The lowest BCUT2D eigenvalue weighted by atomic mass is 10.1.